The van der Waals surface area contributed by atoms with Crippen molar-refractivity contribution in [3.63, 3.8) is 0 Å². The summed E-state index contributed by atoms with van der Waals surface area (Å²) in [5, 5.41) is 17.5. The summed E-state index contributed by atoms with van der Waals surface area (Å²) in [5.41, 5.74) is 5.58. The molecule has 0 aliphatic heterocycles. The van der Waals surface area contributed by atoms with Crippen LogP contribution in [0.4, 0.5) is 4.39 Å². The number of carboxylic acid groups (broad SMARTS) is 2. The Labute approximate surface area is 108 Å². The van der Waals surface area contributed by atoms with E-state index in [2.05, 4.69) is 4.74 Å². The first-order chi connectivity index (χ1) is 8.86. The van der Waals surface area contributed by atoms with E-state index in [1.54, 1.807) is 0 Å². The summed E-state index contributed by atoms with van der Waals surface area (Å²) in [6.45, 7) is 0. The number of carbonyl (C=O) groups is 2. The van der Waals surface area contributed by atoms with Gasteiger partial charge in [0.2, 0.25) is 0 Å². The fraction of sp³-hybridized carbons (Fsp3) is 0.333. The highest BCUT2D eigenvalue weighted by atomic mass is 19.1. The summed E-state index contributed by atoms with van der Waals surface area (Å²) >= 11 is 0. The van der Waals surface area contributed by atoms with Crippen molar-refractivity contribution in [3.8, 4) is 5.75 Å². The number of methoxy groups -OCH3 is 1. The van der Waals surface area contributed by atoms with Gasteiger partial charge in [-0.3, -0.25) is 4.79 Å². The number of hydrogen-bond donors (Lipinski definition) is 3. The van der Waals surface area contributed by atoms with Gasteiger partial charge in [0.05, 0.1) is 7.11 Å². The molecule has 0 aliphatic carbocycles. The van der Waals surface area contributed by atoms with E-state index in [4.69, 9.17) is 15.9 Å². The van der Waals surface area contributed by atoms with E-state index >= 15 is 0 Å². The van der Waals surface area contributed by atoms with Crippen molar-refractivity contribution in [2.75, 3.05) is 7.11 Å². The molecule has 104 valence electrons. The topological polar surface area (TPSA) is 110 Å². The minimum atomic E-state index is -1.34. The molecule has 0 spiro atoms. The van der Waals surface area contributed by atoms with E-state index in [1.165, 1.54) is 6.07 Å². The summed E-state index contributed by atoms with van der Waals surface area (Å²) in [6, 6.07) is 1.49. The molecule has 4 N–H and O–H groups in total. The fourth-order valence-corrected chi connectivity index (χ4v) is 1.64. The molecule has 0 fully saturated rings. The predicted octanol–water partition coefficient (Wildman–Crippen LogP) is 1.40. The lowest BCUT2D eigenvalue weighted by molar-refractivity contribution is -0.137. The number of halogens is 1. The van der Waals surface area contributed by atoms with Crippen molar-refractivity contribution >= 4 is 11.9 Å². The van der Waals surface area contributed by atoms with Gasteiger partial charge in [-0.2, -0.15) is 0 Å². The van der Waals surface area contributed by atoms with Crippen LogP contribution < -0.4 is 10.5 Å². The molecule has 0 aromatic heterocycles. The van der Waals surface area contributed by atoms with Gasteiger partial charge in [0.25, 0.3) is 0 Å². The molecule has 7 heteroatoms. The molecule has 6 nitrogen and oxygen atoms in total. The molecule has 0 saturated carbocycles. The molecule has 0 radical (unpaired) electrons. The average molecular weight is 271 g/mol. The number of nitrogens with two attached hydrogens (primary N) is 1. The Morgan fingerprint density at radius 1 is 1.42 bits per heavy atom. The predicted molar refractivity (Wildman–Crippen MR) is 63.7 cm³/mol. The third-order valence-electron chi connectivity index (χ3n) is 2.60. The number of rotatable bonds is 6. The molecule has 0 bridgehead atoms. The number of aromatic carboxylic acids is 1. The van der Waals surface area contributed by atoms with E-state index in [1.807, 2.05) is 0 Å². The van der Waals surface area contributed by atoms with Gasteiger partial charge in [-0.25, -0.2) is 9.18 Å². The lowest BCUT2D eigenvalue weighted by Crippen LogP contribution is -2.14. The largest absolute Gasteiger partial charge is 0.493 e. The van der Waals surface area contributed by atoms with Crippen LogP contribution in [0.2, 0.25) is 0 Å². The summed E-state index contributed by atoms with van der Waals surface area (Å²) in [4.78, 5) is 21.4. The van der Waals surface area contributed by atoms with E-state index in [9.17, 15) is 14.0 Å². The third-order valence-corrected chi connectivity index (χ3v) is 2.60. The molecule has 1 atom stereocenters. The number of ether oxygens (including phenoxy) is 1. The number of carboxylic acids is 2. The van der Waals surface area contributed by atoms with Crippen LogP contribution in [0, 0.1) is 5.82 Å². The second-order valence-corrected chi connectivity index (χ2v) is 3.93. The van der Waals surface area contributed by atoms with Crippen LogP contribution in [0.1, 0.15) is 34.8 Å². The second-order valence-electron chi connectivity index (χ2n) is 3.93. The summed E-state index contributed by atoms with van der Waals surface area (Å²) in [5.74, 6) is -3.59. The van der Waals surface area contributed by atoms with Crippen LogP contribution in [0.25, 0.3) is 0 Å². The first-order valence-electron chi connectivity index (χ1n) is 5.45. The molecule has 0 aliphatic rings. The van der Waals surface area contributed by atoms with E-state index in [0.29, 0.717) is 0 Å². The maximum Gasteiger partial charge on any atom is 0.339 e. The van der Waals surface area contributed by atoms with Crippen molar-refractivity contribution in [3.05, 3.63) is 29.1 Å². The van der Waals surface area contributed by atoms with Crippen LogP contribution >= 0.6 is 0 Å². The summed E-state index contributed by atoms with van der Waals surface area (Å²) < 4.78 is 18.3. The van der Waals surface area contributed by atoms with Crippen LogP contribution in [0.3, 0.4) is 0 Å². The van der Waals surface area contributed by atoms with Gasteiger partial charge in [-0.05, 0) is 24.1 Å². The number of benzene rings is 1. The van der Waals surface area contributed by atoms with Gasteiger partial charge in [-0.1, -0.05) is 0 Å². The fourth-order valence-electron chi connectivity index (χ4n) is 1.64. The van der Waals surface area contributed by atoms with Crippen LogP contribution in [0.5, 0.6) is 5.75 Å². The zero-order valence-electron chi connectivity index (χ0n) is 10.2. The van der Waals surface area contributed by atoms with Gasteiger partial charge in [-0.15, -0.1) is 0 Å². The highest BCUT2D eigenvalue weighted by Gasteiger charge is 2.19. The minimum Gasteiger partial charge on any atom is -0.493 e. The molecule has 0 amide bonds. The van der Waals surface area contributed by atoms with Gasteiger partial charge < -0.3 is 20.7 Å². The Balaban J connectivity index is 3.09. The van der Waals surface area contributed by atoms with Crippen molar-refractivity contribution < 1.29 is 28.9 Å². The van der Waals surface area contributed by atoms with Crippen molar-refractivity contribution in [1.29, 1.82) is 0 Å². The Bertz CT molecular complexity index is 503. The van der Waals surface area contributed by atoms with Crippen LogP contribution in [-0.2, 0) is 4.79 Å². The maximum atomic E-state index is 13.7. The van der Waals surface area contributed by atoms with Crippen molar-refractivity contribution in [2.45, 2.75) is 18.9 Å². The molecule has 1 aromatic rings. The van der Waals surface area contributed by atoms with Gasteiger partial charge in [0.15, 0.2) is 11.6 Å². The van der Waals surface area contributed by atoms with E-state index in [0.717, 1.165) is 13.2 Å². The quantitative estimate of drug-likeness (QED) is 0.721. The Morgan fingerprint density at radius 3 is 2.53 bits per heavy atom. The standard InChI is InChI=1S/C12H14FNO5/c1-19-11-7(12(17)18)4-6(5-8(11)13)9(14)2-3-10(15)16/h4-5,9H,2-3,14H2,1H3,(H,15,16)(H,17,18). The Morgan fingerprint density at radius 2 is 2.05 bits per heavy atom. The SMILES string of the molecule is COc1c(F)cc(C(N)CCC(=O)O)cc1C(=O)O. The third kappa shape index (κ3) is 3.65. The highest BCUT2D eigenvalue weighted by Crippen LogP contribution is 2.28. The Kier molecular flexibility index (Phi) is 4.82. The normalized spacial score (nSPS) is 11.9. The molecule has 1 rings (SSSR count). The van der Waals surface area contributed by atoms with E-state index < -0.39 is 23.8 Å². The van der Waals surface area contributed by atoms with Crippen LogP contribution in [-0.4, -0.2) is 29.3 Å². The smallest absolute Gasteiger partial charge is 0.339 e. The zero-order valence-corrected chi connectivity index (χ0v) is 10.2. The zero-order chi connectivity index (χ0) is 14.6. The molecule has 1 aromatic carbocycles. The molecule has 1 unspecified atom stereocenters. The van der Waals surface area contributed by atoms with Gasteiger partial charge >= 0.3 is 11.9 Å². The molecular formula is C12H14FNO5. The second kappa shape index (κ2) is 6.14. The van der Waals surface area contributed by atoms with Gasteiger partial charge in [0.1, 0.15) is 5.56 Å². The first-order valence-corrected chi connectivity index (χ1v) is 5.45. The highest BCUT2D eigenvalue weighted by molar-refractivity contribution is 5.91. The number of aliphatic carboxylic acids is 1. The molecule has 19 heavy (non-hydrogen) atoms. The van der Waals surface area contributed by atoms with Gasteiger partial charge in [0, 0.05) is 12.5 Å². The molecule has 0 heterocycles. The van der Waals surface area contributed by atoms with E-state index in [-0.39, 0.29) is 29.7 Å². The minimum absolute atomic E-state index is 0.0835. The Hall–Kier alpha value is -2.15. The van der Waals surface area contributed by atoms with Crippen molar-refractivity contribution in [2.24, 2.45) is 5.73 Å². The molecular weight excluding hydrogens is 257 g/mol. The molecule has 0 saturated heterocycles. The van der Waals surface area contributed by atoms with Crippen LogP contribution in [0.15, 0.2) is 12.1 Å². The lowest BCUT2D eigenvalue weighted by atomic mass is 9.99. The monoisotopic (exact) mass is 271 g/mol. The number of hydrogen-bond acceptors (Lipinski definition) is 4. The lowest BCUT2D eigenvalue weighted by Gasteiger charge is -2.14. The van der Waals surface area contributed by atoms with Crippen molar-refractivity contribution in [1.82, 2.24) is 0 Å². The summed E-state index contributed by atoms with van der Waals surface area (Å²) in [7, 11) is 1.16. The average Bonchev–Trinajstić information content (AvgIpc) is 2.34. The first kappa shape index (κ1) is 14.9. The maximum absolute atomic E-state index is 13.7. The summed E-state index contributed by atoms with van der Waals surface area (Å²) in [6.07, 6.45) is -0.0998.